The van der Waals surface area contributed by atoms with Crippen LogP contribution in [0, 0.1) is 11.8 Å². The van der Waals surface area contributed by atoms with E-state index in [9.17, 15) is 23.1 Å². The number of alkyl halides is 3. The molecule has 0 saturated heterocycles. The number of amides is 1. The fraction of sp³-hybridized carbons (Fsp3) is 0.480. The van der Waals surface area contributed by atoms with Gasteiger partial charge in [-0.15, -0.1) is 0 Å². The average Bonchev–Trinajstić information content (AvgIpc) is 3.47. The van der Waals surface area contributed by atoms with Crippen LogP contribution in [0.15, 0.2) is 30.5 Å². The highest BCUT2D eigenvalue weighted by Gasteiger charge is 2.49. The molecule has 7 nitrogen and oxygen atoms in total. The molecule has 0 radical (unpaired) electrons. The summed E-state index contributed by atoms with van der Waals surface area (Å²) in [5, 5.41) is 21.4. The van der Waals surface area contributed by atoms with Crippen molar-refractivity contribution in [3.05, 3.63) is 51.9 Å². The molecule has 12 heteroatoms. The Hall–Kier alpha value is -2.56. The van der Waals surface area contributed by atoms with Crippen molar-refractivity contribution < 1.29 is 23.1 Å². The van der Waals surface area contributed by atoms with Gasteiger partial charge >= 0.3 is 6.18 Å². The van der Waals surface area contributed by atoms with E-state index < -0.39 is 17.5 Å². The molecule has 2 aliphatic rings. The highest BCUT2D eigenvalue weighted by molar-refractivity contribution is 6.32. The Kier molecular flexibility index (Phi) is 6.57. The number of hydrogen-bond donors (Lipinski definition) is 3. The number of carbonyl (C=O) groups is 1. The predicted molar refractivity (Wildman–Crippen MR) is 135 cm³/mol. The third-order valence-electron chi connectivity index (χ3n) is 6.87. The Balaban J connectivity index is 1.34. The number of carbonyl (C=O) groups excluding carboxylic acids is 1. The molecule has 1 amide bonds. The summed E-state index contributed by atoms with van der Waals surface area (Å²) >= 11 is 12.3. The van der Waals surface area contributed by atoms with E-state index in [-0.39, 0.29) is 40.8 Å². The lowest BCUT2D eigenvalue weighted by Crippen LogP contribution is -2.43. The number of fused-ring (bicyclic) bond motifs is 2. The number of anilines is 1. The molecule has 0 bridgehead atoms. The summed E-state index contributed by atoms with van der Waals surface area (Å²) in [5.41, 5.74) is -1.28. The third-order valence-corrected chi connectivity index (χ3v) is 7.38. The number of halogens is 5. The number of aromatic nitrogens is 3. The highest BCUT2D eigenvalue weighted by Crippen LogP contribution is 2.51. The molecule has 2 fully saturated rings. The third kappa shape index (κ3) is 5.81. The van der Waals surface area contributed by atoms with E-state index in [1.54, 1.807) is 19.9 Å². The van der Waals surface area contributed by atoms with Gasteiger partial charge in [-0.3, -0.25) is 9.48 Å². The van der Waals surface area contributed by atoms with Gasteiger partial charge in [0.15, 0.2) is 5.15 Å². The van der Waals surface area contributed by atoms with Crippen LogP contribution in [-0.2, 0) is 12.7 Å². The maximum atomic E-state index is 13.5. The molecule has 5 rings (SSSR count). The van der Waals surface area contributed by atoms with E-state index in [0.29, 0.717) is 34.4 Å². The summed E-state index contributed by atoms with van der Waals surface area (Å²) in [4.78, 5) is 16.8. The zero-order valence-corrected chi connectivity index (χ0v) is 21.6. The fourth-order valence-corrected chi connectivity index (χ4v) is 5.62. The van der Waals surface area contributed by atoms with Crippen molar-refractivity contribution in [2.24, 2.45) is 11.8 Å². The summed E-state index contributed by atoms with van der Waals surface area (Å²) < 4.78 is 42.0. The Morgan fingerprint density at radius 2 is 1.95 bits per heavy atom. The predicted octanol–water partition coefficient (Wildman–Crippen LogP) is 5.54. The molecule has 198 valence electrons. The lowest BCUT2D eigenvalue weighted by Gasteiger charge is -2.31. The van der Waals surface area contributed by atoms with E-state index in [1.807, 2.05) is 0 Å². The molecule has 0 aliphatic heterocycles. The topological polar surface area (TPSA) is 92.1 Å². The molecule has 2 heterocycles. The summed E-state index contributed by atoms with van der Waals surface area (Å²) in [6.07, 6.45) is -0.844. The van der Waals surface area contributed by atoms with Gasteiger partial charge in [0.05, 0.1) is 23.2 Å². The second-order valence-electron chi connectivity index (χ2n) is 10.6. The fourth-order valence-electron chi connectivity index (χ4n) is 5.21. The highest BCUT2D eigenvalue weighted by atomic mass is 35.5. The van der Waals surface area contributed by atoms with Crippen LogP contribution in [0.1, 0.15) is 49.2 Å². The number of pyridine rings is 1. The second-order valence-corrected chi connectivity index (χ2v) is 11.4. The van der Waals surface area contributed by atoms with Crippen LogP contribution in [0.3, 0.4) is 0 Å². The number of hydrogen-bond acceptors (Lipinski definition) is 5. The minimum absolute atomic E-state index is 0.0383. The van der Waals surface area contributed by atoms with Crippen molar-refractivity contribution in [3.8, 4) is 0 Å². The van der Waals surface area contributed by atoms with Crippen molar-refractivity contribution in [3.63, 3.8) is 0 Å². The summed E-state index contributed by atoms with van der Waals surface area (Å²) in [6, 6.07) is 5.29. The Labute approximate surface area is 221 Å². The van der Waals surface area contributed by atoms with Crippen molar-refractivity contribution in [1.29, 1.82) is 0 Å². The Bertz CT molecular complexity index is 1350. The van der Waals surface area contributed by atoms with Gasteiger partial charge in [-0.25, -0.2) is 4.98 Å². The first-order valence-electron chi connectivity index (χ1n) is 12.0. The summed E-state index contributed by atoms with van der Waals surface area (Å²) in [7, 11) is 0. The van der Waals surface area contributed by atoms with Gasteiger partial charge < -0.3 is 15.7 Å². The van der Waals surface area contributed by atoms with Crippen LogP contribution >= 0.6 is 23.2 Å². The largest absolute Gasteiger partial charge is 0.433 e. The van der Waals surface area contributed by atoms with Crippen molar-refractivity contribution in [2.75, 3.05) is 5.32 Å². The molecular formula is C25H26Cl2F3N5O2. The van der Waals surface area contributed by atoms with E-state index in [1.165, 1.54) is 23.0 Å². The van der Waals surface area contributed by atoms with Gasteiger partial charge in [0.1, 0.15) is 5.69 Å². The smallest absolute Gasteiger partial charge is 0.389 e. The number of benzene rings is 1. The van der Waals surface area contributed by atoms with Crippen molar-refractivity contribution >= 4 is 45.7 Å². The van der Waals surface area contributed by atoms with E-state index in [2.05, 4.69) is 20.7 Å². The van der Waals surface area contributed by atoms with E-state index in [4.69, 9.17) is 23.2 Å². The normalized spacial score (nSPS) is 23.6. The average molecular weight is 556 g/mol. The lowest BCUT2D eigenvalue weighted by atomic mass is 9.90. The quantitative estimate of drug-likeness (QED) is 0.371. The molecule has 2 aromatic heterocycles. The molecule has 1 aromatic carbocycles. The van der Waals surface area contributed by atoms with Gasteiger partial charge in [0.25, 0.3) is 5.91 Å². The van der Waals surface area contributed by atoms with Crippen LogP contribution in [0.2, 0.25) is 10.2 Å². The van der Waals surface area contributed by atoms with Gasteiger partial charge in [0.2, 0.25) is 0 Å². The minimum Gasteiger partial charge on any atom is -0.389 e. The maximum Gasteiger partial charge on any atom is 0.433 e. The van der Waals surface area contributed by atoms with Crippen LogP contribution in [-0.4, -0.2) is 43.5 Å². The minimum atomic E-state index is -4.59. The number of nitrogens with one attached hydrogen (secondary N) is 2. The molecule has 37 heavy (non-hydrogen) atoms. The Morgan fingerprint density at radius 1 is 1.19 bits per heavy atom. The van der Waals surface area contributed by atoms with Crippen LogP contribution in [0.4, 0.5) is 18.9 Å². The number of rotatable bonds is 6. The second kappa shape index (κ2) is 9.32. The first-order valence-corrected chi connectivity index (χ1v) is 12.7. The molecular weight excluding hydrogens is 530 g/mol. The van der Waals surface area contributed by atoms with Gasteiger partial charge in [-0.1, -0.05) is 23.2 Å². The van der Waals surface area contributed by atoms with Crippen LogP contribution in [0.5, 0.6) is 0 Å². The molecule has 3 N–H and O–H groups in total. The van der Waals surface area contributed by atoms with Crippen LogP contribution in [0.25, 0.3) is 10.9 Å². The number of nitrogens with zero attached hydrogens (tertiary/aromatic N) is 3. The Morgan fingerprint density at radius 3 is 2.65 bits per heavy atom. The standard InChI is InChI=1S/C25H26Cl2F3N5O2/c1-24(2,37)11-35-10-17(22(27)34-35)23(36)31-14-5-12-6-15(12)19(8-14)32-20-9-21(25(28,29)30)33-18-4-3-13(26)7-16(18)20/h3-4,7,9-10,12,14-15,19,37H,5-6,8,11H2,1-2H3,(H,31,36)(H,32,33)/t12?,14-,15?,19-/m0/s1. The molecule has 2 unspecified atom stereocenters. The zero-order valence-electron chi connectivity index (χ0n) is 20.1. The molecule has 4 atom stereocenters. The van der Waals surface area contributed by atoms with Crippen molar-refractivity contribution in [2.45, 2.75) is 63.5 Å². The lowest BCUT2D eigenvalue weighted by molar-refractivity contribution is -0.140. The van der Waals surface area contributed by atoms with E-state index >= 15 is 0 Å². The number of aliphatic hydroxyl groups is 1. The van der Waals surface area contributed by atoms with Crippen molar-refractivity contribution in [1.82, 2.24) is 20.1 Å². The van der Waals surface area contributed by atoms with Gasteiger partial charge in [0, 0.05) is 34.4 Å². The molecule has 2 aliphatic carbocycles. The molecule has 0 spiro atoms. The molecule has 3 aromatic rings. The summed E-state index contributed by atoms with van der Waals surface area (Å²) in [5.74, 6) is 0.294. The first kappa shape index (κ1) is 26.1. The molecule has 2 saturated carbocycles. The van der Waals surface area contributed by atoms with Crippen LogP contribution < -0.4 is 10.6 Å². The monoisotopic (exact) mass is 555 g/mol. The van der Waals surface area contributed by atoms with E-state index in [0.717, 1.165) is 18.9 Å². The summed E-state index contributed by atoms with van der Waals surface area (Å²) in [6.45, 7) is 3.42. The van der Waals surface area contributed by atoms with Gasteiger partial charge in [-0.05, 0) is 69.2 Å². The zero-order chi connectivity index (χ0) is 26.7. The first-order chi connectivity index (χ1) is 17.3. The van der Waals surface area contributed by atoms with Gasteiger partial charge in [-0.2, -0.15) is 18.3 Å². The maximum absolute atomic E-state index is 13.5. The SMILES string of the molecule is CC(C)(O)Cn1cc(C(=O)N[C@H]2CC3CC3[C@@H](Nc3cc(C(F)(F)F)nc4ccc(Cl)cc34)C2)c(Cl)n1.